The van der Waals surface area contributed by atoms with Gasteiger partial charge in [-0.25, -0.2) is 4.57 Å². The van der Waals surface area contributed by atoms with Crippen molar-refractivity contribution in [2.45, 2.75) is 27.2 Å². The number of benzene rings is 5. The van der Waals surface area contributed by atoms with E-state index in [1.165, 1.54) is 12.6 Å². The van der Waals surface area contributed by atoms with Gasteiger partial charge in [0.15, 0.2) is 11.5 Å². The average Bonchev–Trinajstić information content (AvgIpc) is 3.46. The van der Waals surface area contributed by atoms with Crippen LogP contribution in [0.15, 0.2) is 116 Å². The van der Waals surface area contributed by atoms with E-state index in [-0.39, 0.29) is 33.0 Å². The summed E-state index contributed by atoms with van der Waals surface area (Å²) in [5.41, 5.74) is 2.88. The average molecular weight is 623 g/mol. The Morgan fingerprint density at radius 1 is 0.468 bits per heavy atom. The van der Waals surface area contributed by atoms with Gasteiger partial charge in [0.05, 0.1) is 5.69 Å². The third kappa shape index (κ3) is 5.13. The Hall–Kier alpha value is -6.02. The fourth-order valence-electron chi connectivity index (χ4n) is 5.86. The van der Waals surface area contributed by atoms with E-state index in [1.54, 1.807) is 36.4 Å². The molecule has 0 aliphatic carbocycles. The predicted octanol–water partition coefficient (Wildman–Crippen LogP) is 6.54. The number of aryl methyl sites for hydroxylation is 3. The van der Waals surface area contributed by atoms with Crippen LogP contribution in [0.1, 0.15) is 27.8 Å². The van der Waals surface area contributed by atoms with Gasteiger partial charge in [0.2, 0.25) is 0 Å². The van der Waals surface area contributed by atoms with E-state index in [1.807, 2.05) is 57.2 Å². The maximum Gasteiger partial charge on any atom is 0.270 e. The highest BCUT2D eigenvalue weighted by atomic mass is 16.5. The Labute approximate surface area is 269 Å². The minimum atomic E-state index is -0.690. The van der Waals surface area contributed by atoms with Crippen molar-refractivity contribution in [2.75, 3.05) is 0 Å². The second-order valence-corrected chi connectivity index (χ2v) is 11.9. The highest BCUT2D eigenvalue weighted by Gasteiger charge is 2.31. The zero-order chi connectivity index (χ0) is 33.0. The molecule has 0 fully saturated rings. The molecule has 0 aliphatic rings. The van der Waals surface area contributed by atoms with E-state index in [0.29, 0.717) is 23.6 Å². The van der Waals surface area contributed by atoms with Gasteiger partial charge in [-0.15, -0.1) is 0 Å². The summed E-state index contributed by atoms with van der Waals surface area (Å²) in [5.74, 6) is 0.353. The normalized spacial score (nSPS) is 11.4. The SMILES string of the molecule is Cc1ccc(Cc2ccc(-n3c(=O)c4c(Oc5ccc(C)cc5)c5c(=O)n(C)c(=O)c5c(Oc5ccc(C)cc5)c4c3=O)cc2)cc1. The van der Waals surface area contributed by atoms with Crippen LogP contribution in [0.25, 0.3) is 27.2 Å². The van der Waals surface area contributed by atoms with Crippen LogP contribution in [0.4, 0.5) is 0 Å². The van der Waals surface area contributed by atoms with Crippen LogP contribution in [-0.2, 0) is 13.5 Å². The van der Waals surface area contributed by atoms with E-state index in [9.17, 15) is 19.2 Å². The fourth-order valence-corrected chi connectivity index (χ4v) is 5.86. The first-order valence-electron chi connectivity index (χ1n) is 15.2. The van der Waals surface area contributed by atoms with Crippen molar-refractivity contribution in [3.63, 3.8) is 0 Å². The van der Waals surface area contributed by atoms with Gasteiger partial charge < -0.3 is 9.47 Å². The summed E-state index contributed by atoms with van der Waals surface area (Å²) < 4.78 is 14.5. The first-order chi connectivity index (χ1) is 22.6. The van der Waals surface area contributed by atoms with Gasteiger partial charge in [0, 0.05) is 7.05 Å². The lowest BCUT2D eigenvalue weighted by Crippen LogP contribution is -2.23. The smallest absolute Gasteiger partial charge is 0.270 e. The van der Waals surface area contributed by atoms with Crippen molar-refractivity contribution in [3.05, 3.63) is 166 Å². The van der Waals surface area contributed by atoms with Gasteiger partial charge in [0.25, 0.3) is 22.2 Å². The topological polar surface area (TPSA) is 96.6 Å². The van der Waals surface area contributed by atoms with Crippen molar-refractivity contribution < 1.29 is 9.47 Å². The molecule has 47 heavy (non-hydrogen) atoms. The number of hydrogen-bond acceptors (Lipinski definition) is 6. The van der Waals surface area contributed by atoms with Gasteiger partial charge in [-0.2, -0.15) is 0 Å². The van der Waals surface area contributed by atoms with Gasteiger partial charge in [-0.3, -0.25) is 23.7 Å². The fraction of sp³-hybridized carbons (Fsp3) is 0.128. The van der Waals surface area contributed by atoms with Gasteiger partial charge in [-0.05, 0) is 74.7 Å². The summed E-state index contributed by atoms with van der Waals surface area (Å²) in [7, 11) is 1.34. The Bertz CT molecular complexity index is 2380. The lowest BCUT2D eigenvalue weighted by molar-refractivity contribution is 0.485. The van der Waals surface area contributed by atoms with E-state index in [0.717, 1.165) is 31.4 Å². The Balaban J connectivity index is 1.49. The molecule has 5 aromatic carbocycles. The van der Waals surface area contributed by atoms with Crippen molar-refractivity contribution >= 4 is 21.5 Å². The molecule has 232 valence electrons. The van der Waals surface area contributed by atoms with Crippen LogP contribution in [0.3, 0.4) is 0 Å². The predicted molar refractivity (Wildman–Crippen MR) is 184 cm³/mol. The molecule has 7 rings (SSSR count). The van der Waals surface area contributed by atoms with Crippen molar-refractivity contribution in [1.82, 2.24) is 9.13 Å². The third-order valence-electron chi connectivity index (χ3n) is 8.48. The summed E-state index contributed by atoms with van der Waals surface area (Å²) in [6.07, 6.45) is 0.677. The summed E-state index contributed by atoms with van der Waals surface area (Å²) in [6.45, 7) is 5.87. The molecule has 0 unspecified atom stereocenters. The molecule has 8 heteroatoms. The molecule has 0 amide bonds. The highest BCUT2D eigenvalue weighted by Crippen LogP contribution is 2.41. The number of rotatable bonds is 7. The monoisotopic (exact) mass is 622 g/mol. The number of fused-ring (bicyclic) bond motifs is 2. The van der Waals surface area contributed by atoms with Crippen molar-refractivity contribution in [3.8, 4) is 28.7 Å². The van der Waals surface area contributed by atoms with Crippen LogP contribution < -0.4 is 31.7 Å². The molecule has 2 aromatic heterocycles. The van der Waals surface area contributed by atoms with Gasteiger partial charge in [-0.1, -0.05) is 77.4 Å². The standard InChI is InChI=1S/C39H30N2O6/c1-22-5-11-25(12-6-22)21-26-13-15-27(16-14-26)41-38(44)32-33(39(41)45)35(47-29-19-9-24(3)10-20-29)31-30(36(42)40(4)37(31)43)34(32)46-28-17-7-23(2)8-18-28/h5-20H,21H2,1-4H3. The first-order valence-corrected chi connectivity index (χ1v) is 15.2. The third-order valence-corrected chi connectivity index (χ3v) is 8.48. The second-order valence-electron chi connectivity index (χ2n) is 11.9. The first kappa shape index (κ1) is 29.7. The minimum absolute atomic E-state index is 0.129. The maximum absolute atomic E-state index is 14.4. The number of nitrogens with zero attached hydrogens (tertiary/aromatic N) is 2. The van der Waals surface area contributed by atoms with E-state index >= 15 is 0 Å². The minimum Gasteiger partial charge on any atom is -0.456 e. The molecule has 8 nitrogen and oxygen atoms in total. The lowest BCUT2D eigenvalue weighted by atomic mass is 10.0. The summed E-state index contributed by atoms with van der Waals surface area (Å²) in [5, 5.41) is -0.543. The lowest BCUT2D eigenvalue weighted by Gasteiger charge is -2.12. The van der Waals surface area contributed by atoms with Crippen LogP contribution in [0.5, 0.6) is 23.0 Å². The molecule has 7 aromatic rings. The van der Waals surface area contributed by atoms with Crippen LogP contribution in [0, 0.1) is 20.8 Å². The molecule has 0 bridgehead atoms. The molecule has 2 heterocycles. The molecule has 0 atom stereocenters. The van der Waals surface area contributed by atoms with Crippen LogP contribution in [0.2, 0.25) is 0 Å². The number of ether oxygens (including phenoxy) is 2. The zero-order valence-electron chi connectivity index (χ0n) is 26.3. The number of hydrogen-bond donors (Lipinski definition) is 0. The molecule has 0 N–H and O–H groups in total. The highest BCUT2D eigenvalue weighted by molar-refractivity contribution is 6.11. The van der Waals surface area contributed by atoms with E-state index < -0.39 is 22.2 Å². The Kier molecular flexibility index (Phi) is 7.20. The van der Waals surface area contributed by atoms with Gasteiger partial charge in [0.1, 0.15) is 33.0 Å². The van der Waals surface area contributed by atoms with E-state index in [2.05, 4.69) is 24.3 Å². The maximum atomic E-state index is 14.4. The summed E-state index contributed by atoms with van der Waals surface area (Å²) in [6, 6.07) is 29.5. The van der Waals surface area contributed by atoms with Crippen molar-refractivity contribution in [2.24, 2.45) is 7.05 Å². The van der Waals surface area contributed by atoms with Crippen LogP contribution >= 0.6 is 0 Å². The largest absolute Gasteiger partial charge is 0.456 e. The van der Waals surface area contributed by atoms with Crippen molar-refractivity contribution in [1.29, 1.82) is 0 Å². The second kappa shape index (κ2) is 11.4. The molecule has 0 saturated carbocycles. The summed E-state index contributed by atoms with van der Waals surface area (Å²) in [4.78, 5) is 56.0. The molecular weight excluding hydrogens is 592 g/mol. The van der Waals surface area contributed by atoms with Gasteiger partial charge >= 0.3 is 0 Å². The molecule has 0 aliphatic heterocycles. The number of aromatic nitrogens is 2. The van der Waals surface area contributed by atoms with E-state index in [4.69, 9.17) is 9.47 Å². The summed E-state index contributed by atoms with van der Waals surface area (Å²) >= 11 is 0. The van der Waals surface area contributed by atoms with Crippen LogP contribution in [-0.4, -0.2) is 9.13 Å². The quantitative estimate of drug-likeness (QED) is 0.200. The molecular formula is C39H30N2O6. The Morgan fingerprint density at radius 2 is 0.809 bits per heavy atom. The molecule has 0 spiro atoms. The molecule has 0 radical (unpaired) electrons. The molecule has 0 saturated heterocycles. The zero-order valence-corrected chi connectivity index (χ0v) is 26.3. The Morgan fingerprint density at radius 3 is 1.21 bits per heavy atom.